The highest BCUT2D eigenvalue weighted by molar-refractivity contribution is 5.89. The minimum Gasteiger partial charge on any atom is -0.444 e. The van der Waals surface area contributed by atoms with E-state index in [0.29, 0.717) is 11.4 Å². The number of hydrogen-bond donors (Lipinski definition) is 2. The summed E-state index contributed by atoms with van der Waals surface area (Å²) in [5.74, 6) is 0.312. The Labute approximate surface area is 138 Å². The predicted octanol–water partition coefficient (Wildman–Crippen LogP) is 3.79. The van der Waals surface area contributed by atoms with Gasteiger partial charge in [-0.2, -0.15) is 0 Å². The van der Waals surface area contributed by atoms with Gasteiger partial charge in [0.25, 0.3) is 0 Å². The van der Waals surface area contributed by atoms with Gasteiger partial charge >= 0.3 is 6.09 Å². The van der Waals surface area contributed by atoms with Gasteiger partial charge in [-0.15, -0.1) is 0 Å². The summed E-state index contributed by atoms with van der Waals surface area (Å²) in [6.07, 6.45) is -0.627. The van der Waals surface area contributed by atoms with E-state index >= 15 is 0 Å². The van der Waals surface area contributed by atoms with Crippen LogP contribution in [0.15, 0.2) is 77.6 Å². The zero-order valence-corrected chi connectivity index (χ0v) is 12.9. The summed E-state index contributed by atoms with van der Waals surface area (Å²) < 4.78 is 5.19. The minimum atomic E-state index is -0.627. The van der Waals surface area contributed by atoms with Gasteiger partial charge in [0.2, 0.25) is 5.56 Å². The zero-order valence-electron chi connectivity index (χ0n) is 12.9. The normalized spacial score (nSPS) is 10.2. The van der Waals surface area contributed by atoms with E-state index in [2.05, 4.69) is 10.3 Å². The quantitative estimate of drug-likeness (QED) is 0.768. The Hall–Kier alpha value is -3.34. The number of carbonyl (C=O) groups excluding carboxylic acids is 1. The van der Waals surface area contributed by atoms with Gasteiger partial charge in [0.15, 0.2) is 0 Å². The van der Waals surface area contributed by atoms with Crippen LogP contribution in [0.25, 0.3) is 11.1 Å². The molecule has 5 heteroatoms. The first-order chi connectivity index (χ1) is 11.7. The van der Waals surface area contributed by atoms with Gasteiger partial charge in [0.05, 0.1) is 0 Å². The van der Waals surface area contributed by atoms with Crippen molar-refractivity contribution in [2.24, 2.45) is 0 Å². The molecule has 0 unspecified atom stereocenters. The molecule has 0 radical (unpaired) electrons. The van der Waals surface area contributed by atoms with Gasteiger partial charge in [0, 0.05) is 11.6 Å². The fourth-order valence-electron chi connectivity index (χ4n) is 2.29. The topological polar surface area (TPSA) is 71.2 Å². The molecule has 0 aliphatic carbocycles. The van der Waals surface area contributed by atoms with Crippen LogP contribution in [0.1, 0.15) is 5.56 Å². The molecule has 3 aromatic rings. The third-order valence-electron chi connectivity index (χ3n) is 3.44. The molecule has 0 atom stereocenters. The van der Waals surface area contributed by atoms with Crippen molar-refractivity contribution in [1.82, 2.24) is 4.98 Å². The van der Waals surface area contributed by atoms with Crippen LogP contribution in [-0.2, 0) is 11.3 Å². The highest BCUT2D eigenvalue weighted by Gasteiger charge is 2.10. The van der Waals surface area contributed by atoms with Crippen molar-refractivity contribution in [2.75, 3.05) is 5.32 Å². The molecule has 3 rings (SSSR count). The van der Waals surface area contributed by atoms with Crippen molar-refractivity contribution in [3.8, 4) is 11.1 Å². The standard InChI is InChI=1S/C19H16N2O3/c22-17-12-11-16(15-9-5-2-6-10-15)18(20-17)21-19(23)24-13-14-7-3-1-4-8-14/h1-12H,13H2,(H2,20,21,22,23). The van der Waals surface area contributed by atoms with Crippen molar-refractivity contribution in [1.29, 1.82) is 0 Å². The number of benzene rings is 2. The lowest BCUT2D eigenvalue weighted by Crippen LogP contribution is -2.18. The van der Waals surface area contributed by atoms with Crippen molar-refractivity contribution in [3.63, 3.8) is 0 Å². The average molecular weight is 320 g/mol. The van der Waals surface area contributed by atoms with Crippen LogP contribution in [0.5, 0.6) is 0 Å². The van der Waals surface area contributed by atoms with E-state index in [0.717, 1.165) is 11.1 Å². The summed E-state index contributed by atoms with van der Waals surface area (Å²) in [6.45, 7) is 0.157. The maximum atomic E-state index is 12.0. The second-order valence-corrected chi connectivity index (χ2v) is 5.16. The Kier molecular flexibility index (Phi) is 4.72. The number of pyridine rings is 1. The molecule has 2 N–H and O–H groups in total. The molecule has 24 heavy (non-hydrogen) atoms. The number of aromatic amines is 1. The number of ether oxygens (including phenoxy) is 1. The number of aromatic nitrogens is 1. The van der Waals surface area contributed by atoms with Gasteiger partial charge in [-0.1, -0.05) is 60.7 Å². The van der Waals surface area contributed by atoms with Gasteiger partial charge in [-0.3, -0.25) is 10.1 Å². The fourth-order valence-corrected chi connectivity index (χ4v) is 2.29. The second kappa shape index (κ2) is 7.28. The lowest BCUT2D eigenvalue weighted by atomic mass is 10.1. The van der Waals surface area contributed by atoms with Crippen molar-refractivity contribution in [3.05, 3.63) is 88.7 Å². The molecule has 0 fully saturated rings. The number of hydrogen-bond acceptors (Lipinski definition) is 3. The van der Waals surface area contributed by atoms with Crippen LogP contribution >= 0.6 is 0 Å². The summed E-state index contributed by atoms with van der Waals surface area (Å²) in [4.78, 5) is 26.2. The van der Waals surface area contributed by atoms with Crippen LogP contribution in [0.3, 0.4) is 0 Å². The SMILES string of the molecule is O=C(Nc1[nH]c(=O)ccc1-c1ccccc1)OCc1ccccc1. The average Bonchev–Trinajstić information content (AvgIpc) is 2.62. The summed E-state index contributed by atoms with van der Waals surface area (Å²) in [6, 6.07) is 21.9. The Bertz CT molecular complexity index is 874. The van der Waals surface area contributed by atoms with Crippen molar-refractivity contribution >= 4 is 11.9 Å². The number of amides is 1. The number of rotatable bonds is 4. The summed E-state index contributed by atoms with van der Waals surface area (Å²) in [5.41, 5.74) is 2.18. The number of carbonyl (C=O) groups is 1. The Morgan fingerprint density at radius 2 is 1.58 bits per heavy atom. The van der Waals surface area contributed by atoms with Crippen LogP contribution < -0.4 is 10.9 Å². The van der Waals surface area contributed by atoms with Crippen LogP contribution in [-0.4, -0.2) is 11.1 Å². The van der Waals surface area contributed by atoms with Crippen molar-refractivity contribution in [2.45, 2.75) is 6.61 Å². The van der Waals surface area contributed by atoms with E-state index in [1.165, 1.54) is 6.07 Å². The highest BCUT2D eigenvalue weighted by atomic mass is 16.5. The molecule has 0 aliphatic heterocycles. The first-order valence-electron chi connectivity index (χ1n) is 7.49. The van der Waals surface area contributed by atoms with Crippen LogP contribution in [0.4, 0.5) is 10.6 Å². The minimum absolute atomic E-state index is 0.157. The molecule has 1 amide bonds. The largest absolute Gasteiger partial charge is 0.444 e. The molecule has 0 bridgehead atoms. The molecule has 1 aromatic heterocycles. The fraction of sp³-hybridized carbons (Fsp3) is 0.0526. The molecule has 2 aromatic carbocycles. The highest BCUT2D eigenvalue weighted by Crippen LogP contribution is 2.24. The first-order valence-corrected chi connectivity index (χ1v) is 7.49. The first kappa shape index (κ1) is 15.6. The number of anilines is 1. The third-order valence-corrected chi connectivity index (χ3v) is 3.44. The van der Waals surface area contributed by atoms with Gasteiger partial charge in [-0.05, 0) is 17.2 Å². The van der Waals surface area contributed by atoms with Crippen molar-refractivity contribution < 1.29 is 9.53 Å². The molecule has 0 saturated carbocycles. The smallest absolute Gasteiger partial charge is 0.413 e. The Morgan fingerprint density at radius 1 is 0.917 bits per heavy atom. The second-order valence-electron chi connectivity index (χ2n) is 5.16. The van der Waals surface area contributed by atoms with E-state index in [1.54, 1.807) is 6.07 Å². The zero-order chi connectivity index (χ0) is 16.8. The maximum Gasteiger partial charge on any atom is 0.413 e. The van der Waals surface area contributed by atoms with E-state index < -0.39 is 6.09 Å². The Morgan fingerprint density at radius 3 is 2.29 bits per heavy atom. The maximum absolute atomic E-state index is 12.0. The predicted molar refractivity (Wildman–Crippen MR) is 92.7 cm³/mol. The molecule has 0 aliphatic rings. The molecule has 120 valence electrons. The molecule has 5 nitrogen and oxygen atoms in total. The van der Waals surface area contributed by atoms with Gasteiger partial charge < -0.3 is 9.72 Å². The van der Waals surface area contributed by atoms with E-state index in [-0.39, 0.29) is 12.2 Å². The number of H-pyrrole nitrogens is 1. The lowest BCUT2D eigenvalue weighted by Gasteiger charge is -2.11. The van der Waals surface area contributed by atoms with Gasteiger partial charge in [-0.25, -0.2) is 4.79 Å². The lowest BCUT2D eigenvalue weighted by molar-refractivity contribution is 0.155. The molecular formula is C19H16N2O3. The molecule has 0 spiro atoms. The monoisotopic (exact) mass is 320 g/mol. The molecule has 1 heterocycles. The third kappa shape index (κ3) is 3.89. The van der Waals surface area contributed by atoms with E-state index in [9.17, 15) is 9.59 Å². The van der Waals surface area contributed by atoms with Gasteiger partial charge in [0.1, 0.15) is 12.4 Å². The van der Waals surface area contributed by atoms with E-state index in [4.69, 9.17) is 4.74 Å². The Balaban J connectivity index is 1.76. The molecule has 0 saturated heterocycles. The molecular weight excluding hydrogens is 304 g/mol. The van der Waals surface area contributed by atoms with Crippen LogP contribution in [0.2, 0.25) is 0 Å². The summed E-state index contributed by atoms with van der Waals surface area (Å²) >= 11 is 0. The number of nitrogens with one attached hydrogen (secondary N) is 2. The summed E-state index contributed by atoms with van der Waals surface area (Å²) in [5, 5.41) is 2.60. The summed E-state index contributed by atoms with van der Waals surface area (Å²) in [7, 11) is 0. The van der Waals surface area contributed by atoms with E-state index in [1.807, 2.05) is 60.7 Å². The van der Waals surface area contributed by atoms with Crippen LogP contribution in [0, 0.1) is 0 Å².